The Balaban J connectivity index is 1.94. The van der Waals surface area contributed by atoms with E-state index in [1.807, 2.05) is 25.1 Å². The lowest BCUT2D eigenvalue weighted by Gasteiger charge is -2.24. The highest BCUT2D eigenvalue weighted by Crippen LogP contribution is 2.37. The summed E-state index contributed by atoms with van der Waals surface area (Å²) in [6.45, 7) is 2.77. The summed E-state index contributed by atoms with van der Waals surface area (Å²) < 4.78 is -0.263. The molecular weight excluding hydrogens is 270 g/mol. The van der Waals surface area contributed by atoms with Gasteiger partial charge in [-0.05, 0) is 37.5 Å². The summed E-state index contributed by atoms with van der Waals surface area (Å²) in [4.78, 5) is 12.3. The number of aliphatic hydroxyl groups excluding tert-OH is 1. The van der Waals surface area contributed by atoms with Gasteiger partial charge in [0.15, 0.2) is 0 Å². The van der Waals surface area contributed by atoms with Crippen molar-refractivity contribution in [3.63, 3.8) is 0 Å². The summed E-state index contributed by atoms with van der Waals surface area (Å²) in [7, 11) is 0. The van der Waals surface area contributed by atoms with Crippen LogP contribution in [0.1, 0.15) is 37.7 Å². The summed E-state index contributed by atoms with van der Waals surface area (Å²) in [5.41, 5.74) is 1.17. The maximum atomic E-state index is 12.3. The van der Waals surface area contributed by atoms with Gasteiger partial charge in [0.2, 0.25) is 5.91 Å². The highest BCUT2D eigenvalue weighted by molar-refractivity contribution is 8.01. The second-order valence-corrected chi connectivity index (χ2v) is 7.11. The van der Waals surface area contributed by atoms with Crippen molar-refractivity contribution in [1.29, 1.82) is 0 Å². The molecule has 1 aliphatic heterocycles. The van der Waals surface area contributed by atoms with Gasteiger partial charge in [-0.25, -0.2) is 0 Å². The molecule has 2 atom stereocenters. The van der Waals surface area contributed by atoms with Crippen LogP contribution in [0.25, 0.3) is 0 Å². The first-order valence-electron chi connectivity index (χ1n) is 7.24. The number of thioether (sulfide) groups is 1. The monoisotopic (exact) mass is 293 g/mol. The molecule has 4 heteroatoms. The molecule has 2 N–H and O–H groups in total. The number of hydrogen-bond donors (Lipinski definition) is 2. The van der Waals surface area contributed by atoms with Gasteiger partial charge in [-0.1, -0.05) is 30.3 Å². The van der Waals surface area contributed by atoms with Crippen molar-refractivity contribution < 1.29 is 9.90 Å². The fourth-order valence-electron chi connectivity index (χ4n) is 2.63. The first-order valence-corrected chi connectivity index (χ1v) is 8.22. The van der Waals surface area contributed by atoms with Gasteiger partial charge in [-0.3, -0.25) is 4.79 Å². The van der Waals surface area contributed by atoms with Crippen molar-refractivity contribution in [2.24, 2.45) is 0 Å². The molecular formula is C16H23NO2S. The van der Waals surface area contributed by atoms with E-state index in [1.165, 1.54) is 5.56 Å². The van der Waals surface area contributed by atoms with E-state index in [2.05, 4.69) is 17.4 Å². The highest BCUT2D eigenvalue weighted by atomic mass is 32.2. The van der Waals surface area contributed by atoms with Crippen LogP contribution < -0.4 is 5.32 Å². The molecule has 1 heterocycles. The largest absolute Gasteiger partial charge is 0.396 e. The summed E-state index contributed by atoms with van der Waals surface area (Å²) >= 11 is 1.75. The minimum atomic E-state index is -0.263. The molecule has 1 saturated heterocycles. The van der Waals surface area contributed by atoms with E-state index in [9.17, 15) is 9.90 Å². The zero-order chi connectivity index (χ0) is 14.4. The predicted octanol–water partition coefficient (Wildman–Crippen LogP) is 2.55. The van der Waals surface area contributed by atoms with Crippen LogP contribution in [0, 0.1) is 0 Å². The molecule has 0 bridgehead atoms. The molecule has 0 radical (unpaired) electrons. The van der Waals surface area contributed by atoms with Crippen molar-refractivity contribution in [1.82, 2.24) is 5.32 Å². The Morgan fingerprint density at radius 3 is 2.80 bits per heavy atom. The molecule has 0 spiro atoms. The van der Waals surface area contributed by atoms with Gasteiger partial charge in [-0.2, -0.15) is 0 Å². The van der Waals surface area contributed by atoms with Crippen molar-refractivity contribution >= 4 is 17.7 Å². The summed E-state index contributed by atoms with van der Waals surface area (Å²) in [5.74, 6) is 1.39. The zero-order valence-corrected chi connectivity index (χ0v) is 12.8. The van der Waals surface area contributed by atoms with E-state index in [0.717, 1.165) is 18.6 Å². The zero-order valence-electron chi connectivity index (χ0n) is 12.0. The lowest BCUT2D eigenvalue weighted by molar-refractivity contribution is -0.123. The third-order valence-electron chi connectivity index (χ3n) is 3.96. The summed E-state index contributed by atoms with van der Waals surface area (Å²) in [5, 5.41) is 12.3. The number of aliphatic hydroxyl groups is 1. The summed E-state index contributed by atoms with van der Waals surface area (Å²) in [6, 6.07) is 10.1. The smallest absolute Gasteiger partial charge is 0.235 e. The van der Waals surface area contributed by atoms with E-state index in [1.54, 1.807) is 11.8 Å². The van der Waals surface area contributed by atoms with Crippen LogP contribution in [0.5, 0.6) is 0 Å². The minimum absolute atomic E-state index is 0.138. The van der Waals surface area contributed by atoms with Gasteiger partial charge in [0.1, 0.15) is 0 Å². The van der Waals surface area contributed by atoms with Crippen LogP contribution in [-0.4, -0.2) is 34.7 Å². The molecule has 0 aliphatic carbocycles. The quantitative estimate of drug-likeness (QED) is 0.847. The molecule has 3 nitrogen and oxygen atoms in total. The van der Waals surface area contributed by atoms with E-state index < -0.39 is 0 Å². The van der Waals surface area contributed by atoms with Crippen molar-refractivity contribution in [2.75, 3.05) is 18.9 Å². The van der Waals surface area contributed by atoms with Crippen LogP contribution in [-0.2, 0) is 4.79 Å². The average Bonchev–Trinajstić information content (AvgIpc) is 2.92. The number of amides is 1. The average molecular weight is 293 g/mol. The van der Waals surface area contributed by atoms with Crippen LogP contribution >= 0.6 is 11.8 Å². The Kier molecular flexibility index (Phi) is 5.49. The van der Waals surface area contributed by atoms with Gasteiger partial charge in [0, 0.05) is 19.1 Å². The molecule has 0 aromatic heterocycles. The van der Waals surface area contributed by atoms with Crippen LogP contribution in [0.3, 0.4) is 0 Å². The Morgan fingerprint density at radius 1 is 1.45 bits per heavy atom. The highest BCUT2D eigenvalue weighted by Gasteiger charge is 2.37. The number of benzene rings is 1. The molecule has 1 aliphatic rings. The van der Waals surface area contributed by atoms with Gasteiger partial charge in [0.25, 0.3) is 0 Å². The minimum Gasteiger partial charge on any atom is -0.396 e. The molecule has 1 amide bonds. The van der Waals surface area contributed by atoms with E-state index in [-0.39, 0.29) is 23.2 Å². The summed E-state index contributed by atoms with van der Waals surface area (Å²) in [6.07, 6.45) is 2.75. The lowest BCUT2D eigenvalue weighted by Crippen LogP contribution is -2.42. The standard InChI is InChI=1S/C16H23NO2S/c1-16(9-5-11-20-16)15(19)17-12-14(8-10-18)13-6-3-2-4-7-13/h2-4,6-7,14,18H,5,8-12H2,1H3,(H,17,19). The van der Waals surface area contributed by atoms with Crippen LogP contribution in [0.2, 0.25) is 0 Å². The van der Waals surface area contributed by atoms with E-state index in [0.29, 0.717) is 13.0 Å². The molecule has 110 valence electrons. The molecule has 2 rings (SSSR count). The van der Waals surface area contributed by atoms with Gasteiger partial charge >= 0.3 is 0 Å². The number of carbonyl (C=O) groups is 1. The first-order chi connectivity index (χ1) is 9.65. The Labute approximate surface area is 125 Å². The molecule has 0 saturated carbocycles. The molecule has 2 unspecified atom stereocenters. The number of nitrogens with one attached hydrogen (secondary N) is 1. The third kappa shape index (κ3) is 3.76. The Morgan fingerprint density at radius 2 is 2.20 bits per heavy atom. The normalized spacial score (nSPS) is 23.5. The SMILES string of the molecule is CC1(C(=O)NCC(CCO)c2ccccc2)CCCS1. The topological polar surface area (TPSA) is 49.3 Å². The number of hydrogen-bond acceptors (Lipinski definition) is 3. The fourth-order valence-corrected chi connectivity index (χ4v) is 3.86. The second-order valence-electron chi connectivity index (χ2n) is 5.51. The maximum absolute atomic E-state index is 12.3. The first kappa shape index (κ1) is 15.4. The molecule has 20 heavy (non-hydrogen) atoms. The van der Waals surface area contributed by atoms with E-state index in [4.69, 9.17) is 0 Å². The van der Waals surface area contributed by atoms with Crippen LogP contribution in [0.15, 0.2) is 30.3 Å². The van der Waals surface area contributed by atoms with Gasteiger partial charge < -0.3 is 10.4 Å². The van der Waals surface area contributed by atoms with Crippen molar-refractivity contribution in [2.45, 2.75) is 36.9 Å². The second kappa shape index (κ2) is 7.14. The Hall–Kier alpha value is -1.00. The van der Waals surface area contributed by atoms with E-state index >= 15 is 0 Å². The van der Waals surface area contributed by atoms with Crippen molar-refractivity contribution in [3.8, 4) is 0 Å². The predicted molar refractivity (Wildman–Crippen MR) is 84.0 cm³/mol. The van der Waals surface area contributed by atoms with Crippen LogP contribution in [0.4, 0.5) is 0 Å². The fraction of sp³-hybridized carbons (Fsp3) is 0.562. The van der Waals surface area contributed by atoms with Gasteiger partial charge in [-0.15, -0.1) is 11.8 Å². The third-order valence-corrected chi connectivity index (χ3v) is 5.48. The maximum Gasteiger partial charge on any atom is 0.235 e. The molecule has 1 aromatic carbocycles. The number of rotatable bonds is 6. The molecule has 1 fully saturated rings. The molecule has 1 aromatic rings. The lowest BCUT2D eigenvalue weighted by atomic mass is 9.95. The van der Waals surface area contributed by atoms with Crippen molar-refractivity contribution in [3.05, 3.63) is 35.9 Å². The number of carbonyl (C=O) groups excluding carboxylic acids is 1. The Bertz CT molecular complexity index is 429. The van der Waals surface area contributed by atoms with Gasteiger partial charge in [0.05, 0.1) is 4.75 Å².